The first-order chi connectivity index (χ1) is 12.3. The number of fused-ring (bicyclic) bond motifs is 1. The summed E-state index contributed by atoms with van der Waals surface area (Å²) in [6, 6.07) is 1.00. The zero-order chi connectivity index (χ0) is 19.1. The summed E-state index contributed by atoms with van der Waals surface area (Å²) in [5, 5.41) is 8.85. The van der Waals surface area contributed by atoms with Crippen LogP contribution in [0.2, 0.25) is 0 Å². The summed E-state index contributed by atoms with van der Waals surface area (Å²) >= 11 is 0. The lowest BCUT2D eigenvalue weighted by molar-refractivity contribution is -0.141. The topological polar surface area (TPSA) is 69.6 Å². The lowest BCUT2D eigenvalue weighted by Crippen LogP contribution is -2.39. The Bertz CT molecular complexity index is 706. The van der Waals surface area contributed by atoms with Crippen LogP contribution < -0.4 is 9.80 Å². The molecule has 2 aliphatic heterocycles. The number of carboxylic acid groups (broad SMARTS) is 1. The summed E-state index contributed by atoms with van der Waals surface area (Å²) in [7, 11) is 0. The van der Waals surface area contributed by atoms with Crippen LogP contribution in [0.15, 0.2) is 6.07 Å². The predicted molar refractivity (Wildman–Crippen MR) is 88.7 cm³/mol. The van der Waals surface area contributed by atoms with E-state index in [-0.39, 0.29) is 30.1 Å². The molecule has 1 aromatic heterocycles. The molecule has 1 N–H and O–H groups in total. The Kier molecular flexibility index (Phi) is 4.69. The van der Waals surface area contributed by atoms with Crippen molar-refractivity contribution >= 4 is 17.7 Å². The van der Waals surface area contributed by atoms with Crippen LogP contribution in [-0.2, 0) is 11.0 Å². The monoisotopic (exact) mass is 368 g/mol. The van der Waals surface area contributed by atoms with Gasteiger partial charge in [0, 0.05) is 38.7 Å². The quantitative estimate of drug-likeness (QED) is 0.821. The van der Waals surface area contributed by atoms with Crippen molar-refractivity contribution < 1.29 is 23.1 Å². The van der Waals surface area contributed by atoms with Gasteiger partial charge < -0.3 is 14.9 Å². The maximum atomic E-state index is 13.1. The number of aromatic nitrogens is 2. The van der Waals surface area contributed by atoms with Crippen LogP contribution in [0, 0.1) is 30.6 Å². The van der Waals surface area contributed by atoms with Crippen molar-refractivity contribution in [1.29, 1.82) is 0 Å². The van der Waals surface area contributed by atoms with Crippen molar-refractivity contribution in [1.82, 2.24) is 9.97 Å². The number of hydrogen-bond donors (Lipinski definition) is 1. The average molecular weight is 368 g/mol. The summed E-state index contributed by atoms with van der Waals surface area (Å²) in [5.41, 5.74) is -0.919. The molecule has 0 radical (unpaired) electrons. The van der Waals surface area contributed by atoms with Gasteiger partial charge in [-0.1, -0.05) is 0 Å². The van der Waals surface area contributed by atoms with E-state index in [1.54, 1.807) is 4.90 Å². The van der Waals surface area contributed by atoms with E-state index in [4.69, 9.17) is 5.11 Å². The molecule has 0 bridgehead atoms. The van der Waals surface area contributed by atoms with Gasteiger partial charge in [-0.3, -0.25) is 4.79 Å². The predicted octanol–water partition coefficient (Wildman–Crippen LogP) is 2.11. The number of anilines is 2. The minimum atomic E-state index is -4.51. The Morgan fingerprint density at radius 3 is 2.27 bits per heavy atom. The molecule has 0 spiro atoms. The van der Waals surface area contributed by atoms with Gasteiger partial charge in [0.25, 0.3) is 0 Å². The molecule has 140 valence electrons. The summed E-state index contributed by atoms with van der Waals surface area (Å²) in [6.07, 6.45) is 4.56. The molecule has 6 nitrogen and oxygen atoms in total. The SMILES string of the molecule is C#C.O=C(O)CC1[C@H]2CN(c3cc(C(F)(F)F)nc(N4CCC4)n3)C[C@@H]12. The molecule has 3 atom stereocenters. The molecule has 0 amide bonds. The fourth-order valence-corrected chi connectivity index (χ4v) is 3.73. The van der Waals surface area contributed by atoms with Gasteiger partial charge in [0.1, 0.15) is 5.82 Å². The van der Waals surface area contributed by atoms with Crippen LogP contribution in [0.3, 0.4) is 0 Å². The maximum absolute atomic E-state index is 13.1. The molecule has 1 saturated carbocycles. The molecule has 4 rings (SSSR count). The van der Waals surface area contributed by atoms with E-state index in [1.165, 1.54) is 0 Å². The zero-order valence-electron chi connectivity index (χ0n) is 14.0. The third kappa shape index (κ3) is 3.41. The zero-order valence-corrected chi connectivity index (χ0v) is 14.0. The molecular formula is C17H19F3N4O2. The van der Waals surface area contributed by atoms with E-state index in [1.807, 2.05) is 4.90 Å². The first-order valence-electron chi connectivity index (χ1n) is 8.34. The number of terminal acetylenes is 1. The largest absolute Gasteiger partial charge is 0.481 e. The minimum Gasteiger partial charge on any atom is -0.481 e. The lowest BCUT2D eigenvalue weighted by Gasteiger charge is -2.32. The molecule has 2 saturated heterocycles. The van der Waals surface area contributed by atoms with Crippen LogP contribution in [-0.4, -0.2) is 47.2 Å². The van der Waals surface area contributed by atoms with Gasteiger partial charge in [0.15, 0.2) is 5.69 Å². The average Bonchev–Trinajstić information content (AvgIpc) is 2.97. The summed E-state index contributed by atoms with van der Waals surface area (Å²) in [6.45, 7) is 2.48. The first-order valence-corrected chi connectivity index (χ1v) is 8.34. The van der Waals surface area contributed by atoms with Crippen molar-refractivity contribution in [3.05, 3.63) is 11.8 Å². The van der Waals surface area contributed by atoms with Crippen molar-refractivity contribution in [2.24, 2.45) is 17.8 Å². The van der Waals surface area contributed by atoms with Gasteiger partial charge in [-0.25, -0.2) is 4.98 Å². The third-order valence-corrected chi connectivity index (χ3v) is 5.24. The third-order valence-electron chi connectivity index (χ3n) is 5.24. The highest BCUT2D eigenvalue weighted by molar-refractivity contribution is 5.68. The molecule has 26 heavy (non-hydrogen) atoms. The summed E-state index contributed by atoms with van der Waals surface area (Å²) < 4.78 is 39.4. The van der Waals surface area contributed by atoms with E-state index < -0.39 is 17.8 Å². The normalized spacial score (nSPS) is 26.4. The highest BCUT2D eigenvalue weighted by Gasteiger charge is 2.56. The van der Waals surface area contributed by atoms with Gasteiger partial charge in [-0.2, -0.15) is 18.2 Å². The molecule has 1 unspecified atom stereocenters. The van der Waals surface area contributed by atoms with Gasteiger partial charge in [-0.05, 0) is 24.2 Å². The summed E-state index contributed by atoms with van der Waals surface area (Å²) in [5.74, 6) is 0.255. The number of hydrogen-bond acceptors (Lipinski definition) is 5. The van der Waals surface area contributed by atoms with E-state index in [0.29, 0.717) is 32.0 Å². The van der Waals surface area contributed by atoms with Crippen molar-refractivity contribution in [3.63, 3.8) is 0 Å². The van der Waals surface area contributed by atoms with Crippen molar-refractivity contribution in [2.45, 2.75) is 19.0 Å². The summed E-state index contributed by atoms with van der Waals surface area (Å²) in [4.78, 5) is 22.3. The smallest absolute Gasteiger partial charge is 0.433 e. The highest BCUT2D eigenvalue weighted by Crippen LogP contribution is 2.54. The number of carbonyl (C=O) groups is 1. The van der Waals surface area contributed by atoms with Crippen LogP contribution in [0.25, 0.3) is 0 Å². The molecule has 3 fully saturated rings. The lowest BCUT2D eigenvalue weighted by atomic mass is 10.2. The van der Waals surface area contributed by atoms with E-state index >= 15 is 0 Å². The maximum Gasteiger partial charge on any atom is 0.433 e. The Balaban J connectivity index is 0.000000948. The number of piperidine rings is 1. The minimum absolute atomic E-state index is 0.133. The fourth-order valence-electron chi connectivity index (χ4n) is 3.73. The Hall–Kier alpha value is -2.50. The standard InChI is InChI=1S/C15H17F3N4O2.C2H2/c16-15(17,18)11-5-12(20-14(19-11)21-2-1-3-21)22-6-9-8(4-13(23)24)10(9)7-22;1-2/h5,8-10H,1-4,6-7H2,(H,23,24);1-2H/t8?,9-,10+;. The first kappa shape index (κ1) is 18.3. The molecule has 3 heterocycles. The van der Waals surface area contributed by atoms with Crippen molar-refractivity contribution in [2.75, 3.05) is 36.0 Å². The molecule has 9 heteroatoms. The Morgan fingerprint density at radius 2 is 1.81 bits per heavy atom. The van der Waals surface area contributed by atoms with Crippen LogP contribution in [0.5, 0.6) is 0 Å². The molecular weight excluding hydrogens is 349 g/mol. The number of rotatable bonds is 4. The number of aliphatic carboxylic acids is 1. The highest BCUT2D eigenvalue weighted by atomic mass is 19.4. The van der Waals surface area contributed by atoms with E-state index in [0.717, 1.165) is 12.5 Å². The Labute approximate surface area is 149 Å². The van der Waals surface area contributed by atoms with Crippen LogP contribution in [0.4, 0.5) is 24.9 Å². The second kappa shape index (κ2) is 6.67. The van der Waals surface area contributed by atoms with Crippen LogP contribution in [0.1, 0.15) is 18.5 Å². The van der Waals surface area contributed by atoms with E-state index in [2.05, 4.69) is 22.8 Å². The molecule has 0 aromatic carbocycles. The number of alkyl halides is 3. The second-order valence-electron chi connectivity index (χ2n) is 6.74. The van der Waals surface area contributed by atoms with Gasteiger partial charge in [-0.15, -0.1) is 12.8 Å². The second-order valence-corrected chi connectivity index (χ2v) is 6.74. The fraction of sp³-hybridized carbons (Fsp3) is 0.588. The number of nitrogens with zero attached hydrogens (tertiary/aromatic N) is 4. The molecule has 1 aromatic rings. The Morgan fingerprint density at radius 1 is 1.19 bits per heavy atom. The van der Waals surface area contributed by atoms with E-state index in [9.17, 15) is 18.0 Å². The van der Waals surface area contributed by atoms with Gasteiger partial charge >= 0.3 is 12.1 Å². The van der Waals surface area contributed by atoms with Crippen LogP contribution >= 0.6 is 0 Å². The van der Waals surface area contributed by atoms with Gasteiger partial charge in [0.2, 0.25) is 5.95 Å². The van der Waals surface area contributed by atoms with Gasteiger partial charge in [0.05, 0.1) is 0 Å². The number of halogens is 3. The number of carboxylic acids is 1. The van der Waals surface area contributed by atoms with Crippen molar-refractivity contribution in [3.8, 4) is 12.8 Å². The molecule has 3 aliphatic rings. The molecule has 1 aliphatic carbocycles.